The highest BCUT2D eigenvalue weighted by Gasteiger charge is 2.15. The molecule has 1 aliphatic rings. The van der Waals surface area contributed by atoms with Crippen molar-refractivity contribution in [3.05, 3.63) is 22.8 Å². The molecule has 0 spiro atoms. The molecular weight excluding hydrogens is 350 g/mol. The van der Waals surface area contributed by atoms with E-state index in [-0.39, 0.29) is 12.0 Å². The number of aromatic nitrogens is 1. The first kappa shape index (κ1) is 17.3. The summed E-state index contributed by atoms with van der Waals surface area (Å²) < 4.78 is 12.0. The van der Waals surface area contributed by atoms with Crippen molar-refractivity contribution in [2.45, 2.75) is 18.9 Å². The fraction of sp³-hybridized carbons (Fsp3) is 0.600. The van der Waals surface area contributed by atoms with Gasteiger partial charge in [0.15, 0.2) is 0 Å². The van der Waals surface area contributed by atoms with Crippen LogP contribution in [0.15, 0.2) is 22.8 Å². The van der Waals surface area contributed by atoms with E-state index in [2.05, 4.69) is 26.2 Å². The van der Waals surface area contributed by atoms with Gasteiger partial charge in [0, 0.05) is 23.8 Å². The molecule has 2 rings (SSSR count). The van der Waals surface area contributed by atoms with Gasteiger partial charge in [0.2, 0.25) is 5.91 Å². The summed E-state index contributed by atoms with van der Waals surface area (Å²) in [6.07, 6.45) is 4.10. The number of amides is 1. The standard InChI is InChI=1S/C15H22BrN3O3/c1-19(6-8-21-11-13-3-2-7-22-13)10-15(20)18-14-5-4-12(16)9-17-14/h4-5,9,13H,2-3,6-8,10-11H2,1H3,(H,17,18,20). The van der Waals surface area contributed by atoms with Gasteiger partial charge in [-0.1, -0.05) is 0 Å². The Labute approximate surface area is 139 Å². The Morgan fingerprint density at radius 1 is 1.59 bits per heavy atom. The minimum Gasteiger partial charge on any atom is -0.377 e. The van der Waals surface area contributed by atoms with Crippen molar-refractivity contribution in [2.24, 2.45) is 0 Å². The third-order valence-corrected chi connectivity index (χ3v) is 3.82. The van der Waals surface area contributed by atoms with Crippen LogP contribution in [0.25, 0.3) is 0 Å². The SMILES string of the molecule is CN(CCOCC1CCCO1)CC(=O)Nc1ccc(Br)cn1. The summed E-state index contributed by atoms with van der Waals surface area (Å²) in [5, 5.41) is 2.76. The minimum atomic E-state index is -0.0866. The molecule has 1 unspecified atom stereocenters. The van der Waals surface area contributed by atoms with Gasteiger partial charge >= 0.3 is 0 Å². The van der Waals surface area contributed by atoms with Crippen LogP contribution in [0.1, 0.15) is 12.8 Å². The van der Waals surface area contributed by atoms with E-state index in [9.17, 15) is 4.79 Å². The van der Waals surface area contributed by atoms with Crippen LogP contribution >= 0.6 is 15.9 Å². The van der Waals surface area contributed by atoms with Crippen LogP contribution in [-0.4, -0.2) is 61.9 Å². The number of ether oxygens (including phenoxy) is 2. The van der Waals surface area contributed by atoms with E-state index in [1.54, 1.807) is 12.3 Å². The number of nitrogens with one attached hydrogen (secondary N) is 1. The molecule has 1 N–H and O–H groups in total. The molecule has 0 saturated carbocycles. The molecule has 1 fully saturated rings. The number of carbonyl (C=O) groups excluding carboxylic acids is 1. The second-order valence-corrected chi connectivity index (χ2v) is 6.27. The van der Waals surface area contributed by atoms with Gasteiger partial charge in [0.1, 0.15) is 5.82 Å². The zero-order valence-electron chi connectivity index (χ0n) is 12.8. The van der Waals surface area contributed by atoms with E-state index < -0.39 is 0 Å². The van der Waals surface area contributed by atoms with Crippen molar-refractivity contribution >= 4 is 27.7 Å². The normalized spacial score (nSPS) is 17.9. The van der Waals surface area contributed by atoms with E-state index >= 15 is 0 Å². The molecule has 122 valence electrons. The van der Waals surface area contributed by atoms with Crippen molar-refractivity contribution in [1.82, 2.24) is 9.88 Å². The third kappa shape index (κ3) is 6.39. The van der Waals surface area contributed by atoms with Gasteiger partial charge in [0.25, 0.3) is 0 Å². The molecule has 6 nitrogen and oxygen atoms in total. The van der Waals surface area contributed by atoms with E-state index in [1.807, 2.05) is 18.0 Å². The molecule has 2 heterocycles. The van der Waals surface area contributed by atoms with Crippen molar-refractivity contribution in [3.8, 4) is 0 Å². The topological polar surface area (TPSA) is 63.7 Å². The number of pyridine rings is 1. The second kappa shape index (κ2) is 9.19. The predicted octanol–water partition coefficient (Wildman–Crippen LogP) is 1.91. The molecule has 22 heavy (non-hydrogen) atoms. The summed E-state index contributed by atoms with van der Waals surface area (Å²) in [6.45, 7) is 3.09. The van der Waals surface area contributed by atoms with Gasteiger partial charge in [-0.2, -0.15) is 0 Å². The van der Waals surface area contributed by atoms with Crippen LogP contribution in [0.3, 0.4) is 0 Å². The first-order valence-electron chi connectivity index (χ1n) is 7.43. The Bertz CT molecular complexity index is 464. The predicted molar refractivity (Wildman–Crippen MR) is 87.9 cm³/mol. The van der Waals surface area contributed by atoms with Gasteiger partial charge in [-0.15, -0.1) is 0 Å². The zero-order chi connectivity index (χ0) is 15.8. The number of anilines is 1. The lowest BCUT2D eigenvalue weighted by Crippen LogP contribution is -2.33. The maximum atomic E-state index is 11.9. The smallest absolute Gasteiger partial charge is 0.239 e. The van der Waals surface area contributed by atoms with Crippen LogP contribution < -0.4 is 5.32 Å². The van der Waals surface area contributed by atoms with Crippen molar-refractivity contribution in [3.63, 3.8) is 0 Å². The molecule has 1 amide bonds. The lowest BCUT2D eigenvalue weighted by molar-refractivity contribution is -0.117. The summed E-state index contributed by atoms with van der Waals surface area (Å²) in [7, 11) is 1.89. The highest BCUT2D eigenvalue weighted by molar-refractivity contribution is 9.10. The van der Waals surface area contributed by atoms with Gasteiger partial charge < -0.3 is 14.8 Å². The lowest BCUT2D eigenvalue weighted by Gasteiger charge is -2.17. The summed E-state index contributed by atoms with van der Waals surface area (Å²) in [5.41, 5.74) is 0. The minimum absolute atomic E-state index is 0.0866. The van der Waals surface area contributed by atoms with Gasteiger partial charge in [-0.05, 0) is 48.0 Å². The number of hydrogen-bond acceptors (Lipinski definition) is 5. The van der Waals surface area contributed by atoms with Crippen molar-refractivity contribution < 1.29 is 14.3 Å². The number of halogens is 1. The molecule has 0 aliphatic carbocycles. The first-order valence-corrected chi connectivity index (χ1v) is 8.22. The quantitative estimate of drug-likeness (QED) is 0.707. The number of hydrogen-bond donors (Lipinski definition) is 1. The fourth-order valence-corrected chi connectivity index (χ4v) is 2.40. The molecule has 1 aromatic heterocycles. The van der Waals surface area contributed by atoms with E-state index in [1.165, 1.54) is 0 Å². The monoisotopic (exact) mass is 371 g/mol. The van der Waals surface area contributed by atoms with E-state index in [0.717, 1.165) is 23.9 Å². The Kier molecular flexibility index (Phi) is 7.24. The third-order valence-electron chi connectivity index (χ3n) is 3.35. The molecule has 7 heteroatoms. The summed E-state index contributed by atoms with van der Waals surface area (Å²) in [6, 6.07) is 3.60. The van der Waals surface area contributed by atoms with E-state index in [4.69, 9.17) is 9.47 Å². The molecule has 0 aromatic carbocycles. The largest absolute Gasteiger partial charge is 0.377 e. The van der Waals surface area contributed by atoms with Crippen LogP contribution in [0, 0.1) is 0 Å². The number of rotatable bonds is 8. The number of nitrogens with zero attached hydrogens (tertiary/aromatic N) is 2. The molecule has 0 radical (unpaired) electrons. The average molecular weight is 372 g/mol. The maximum absolute atomic E-state index is 11.9. The highest BCUT2D eigenvalue weighted by Crippen LogP contribution is 2.12. The Morgan fingerprint density at radius 2 is 2.45 bits per heavy atom. The summed E-state index contributed by atoms with van der Waals surface area (Å²) in [5.74, 6) is 0.465. The number of likely N-dealkylation sites (N-methyl/N-ethyl adjacent to an activating group) is 1. The molecule has 1 saturated heterocycles. The molecular formula is C15H22BrN3O3. The summed E-state index contributed by atoms with van der Waals surface area (Å²) in [4.78, 5) is 17.9. The lowest BCUT2D eigenvalue weighted by atomic mass is 10.2. The van der Waals surface area contributed by atoms with Crippen molar-refractivity contribution in [2.75, 3.05) is 45.3 Å². The van der Waals surface area contributed by atoms with Crippen LogP contribution in [0.5, 0.6) is 0 Å². The van der Waals surface area contributed by atoms with Crippen LogP contribution in [0.2, 0.25) is 0 Å². The van der Waals surface area contributed by atoms with E-state index in [0.29, 0.717) is 32.1 Å². The number of carbonyl (C=O) groups is 1. The second-order valence-electron chi connectivity index (χ2n) is 5.36. The summed E-state index contributed by atoms with van der Waals surface area (Å²) >= 11 is 3.31. The molecule has 0 bridgehead atoms. The molecule has 1 aromatic rings. The van der Waals surface area contributed by atoms with Gasteiger partial charge in [-0.25, -0.2) is 4.98 Å². The van der Waals surface area contributed by atoms with Crippen LogP contribution in [0.4, 0.5) is 5.82 Å². The zero-order valence-corrected chi connectivity index (χ0v) is 14.3. The Balaban J connectivity index is 1.58. The van der Waals surface area contributed by atoms with Gasteiger partial charge in [-0.3, -0.25) is 9.69 Å². The molecule has 1 aliphatic heterocycles. The first-order chi connectivity index (χ1) is 10.6. The molecule has 1 atom stereocenters. The van der Waals surface area contributed by atoms with Crippen LogP contribution in [-0.2, 0) is 14.3 Å². The fourth-order valence-electron chi connectivity index (χ4n) is 2.17. The average Bonchev–Trinajstić information content (AvgIpc) is 2.99. The van der Waals surface area contributed by atoms with Crippen molar-refractivity contribution in [1.29, 1.82) is 0 Å². The Hall–Kier alpha value is -1.02. The maximum Gasteiger partial charge on any atom is 0.239 e. The Morgan fingerprint density at radius 3 is 3.14 bits per heavy atom. The van der Waals surface area contributed by atoms with Gasteiger partial charge in [0.05, 0.1) is 25.9 Å². The highest BCUT2D eigenvalue weighted by atomic mass is 79.9.